The summed E-state index contributed by atoms with van der Waals surface area (Å²) in [6.07, 6.45) is 0.981. The molecule has 0 bridgehead atoms. The molecule has 1 atom stereocenters. The third-order valence-corrected chi connectivity index (χ3v) is 7.22. The number of rotatable bonds is 5. The second kappa shape index (κ2) is 8.71. The maximum absolute atomic E-state index is 14.1. The summed E-state index contributed by atoms with van der Waals surface area (Å²) in [6.45, 7) is 1.75. The number of anilines is 1. The van der Waals surface area contributed by atoms with Gasteiger partial charge in [-0.1, -0.05) is 11.6 Å². The van der Waals surface area contributed by atoms with Crippen molar-refractivity contribution in [2.45, 2.75) is 24.7 Å². The molecule has 1 unspecified atom stereocenters. The first kappa shape index (κ1) is 22.2. The number of hydrogen-bond acceptors (Lipinski definition) is 4. The SMILES string of the molecule is Cc1c(F)cc(C(N)=O)cc1NC(=O)C1CCCN(S(=O)(=O)c2ccc(Cl)cc2)C1. The average molecular weight is 454 g/mol. The molecule has 1 aliphatic heterocycles. The van der Waals surface area contributed by atoms with E-state index in [1.54, 1.807) is 0 Å². The lowest BCUT2D eigenvalue weighted by molar-refractivity contribution is -0.120. The minimum atomic E-state index is -3.78. The molecule has 0 aromatic heterocycles. The summed E-state index contributed by atoms with van der Waals surface area (Å²) in [5.41, 5.74) is 5.43. The number of benzene rings is 2. The van der Waals surface area contributed by atoms with Crippen LogP contribution in [0.25, 0.3) is 0 Å². The Balaban J connectivity index is 1.78. The number of nitrogens with zero attached hydrogens (tertiary/aromatic N) is 1. The molecule has 2 aromatic carbocycles. The monoisotopic (exact) mass is 453 g/mol. The highest BCUT2D eigenvalue weighted by Gasteiger charge is 2.33. The predicted molar refractivity (Wildman–Crippen MR) is 111 cm³/mol. The molecule has 10 heteroatoms. The number of primary amides is 1. The highest BCUT2D eigenvalue weighted by Crippen LogP contribution is 2.27. The number of nitrogens with one attached hydrogen (secondary N) is 1. The van der Waals surface area contributed by atoms with Crippen LogP contribution >= 0.6 is 11.6 Å². The van der Waals surface area contributed by atoms with Crippen LogP contribution in [0.15, 0.2) is 41.3 Å². The first-order valence-electron chi connectivity index (χ1n) is 9.26. The summed E-state index contributed by atoms with van der Waals surface area (Å²) in [4.78, 5) is 24.2. The van der Waals surface area contributed by atoms with Gasteiger partial charge in [0.15, 0.2) is 0 Å². The molecule has 2 aromatic rings. The quantitative estimate of drug-likeness (QED) is 0.725. The molecule has 2 amide bonds. The lowest BCUT2D eigenvalue weighted by Gasteiger charge is -2.31. The Morgan fingerprint density at radius 1 is 1.23 bits per heavy atom. The summed E-state index contributed by atoms with van der Waals surface area (Å²) in [7, 11) is -3.78. The van der Waals surface area contributed by atoms with Crippen molar-refractivity contribution in [2.24, 2.45) is 11.7 Å². The first-order valence-corrected chi connectivity index (χ1v) is 11.1. The van der Waals surface area contributed by atoms with Gasteiger partial charge in [0, 0.05) is 34.9 Å². The molecule has 1 fully saturated rings. The summed E-state index contributed by atoms with van der Waals surface area (Å²) >= 11 is 5.83. The van der Waals surface area contributed by atoms with Crippen LogP contribution in [0.5, 0.6) is 0 Å². The minimum Gasteiger partial charge on any atom is -0.366 e. The van der Waals surface area contributed by atoms with Crippen LogP contribution in [-0.4, -0.2) is 37.6 Å². The van der Waals surface area contributed by atoms with Gasteiger partial charge in [0.05, 0.1) is 10.8 Å². The molecule has 1 aliphatic rings. The fourth-order valence-electron chi connectivity index (χ4n) is 3.32. The maximum Gasteiger partial charge on any atom is 0.248 e. The average Bonchev–Trinajstić information content (AvgIpc) is 2.71. The van der Waals surface area contributed by atoms with E-state index < -0.39 is 33.6 Å². The molecule has 0 spiro atoms. The normalized spacial score (nSPS) is 17.5. The van der Waals surface area contributed by atoms with E-state index in [4.69, 9.17) is 17.3 Å². The largest absolute Gasteiger partial charge is 0.366 e. The number of carbonyl (C=O) groups is 2. The topological polar surface area (TPSA) is 110 Å². The molecule has 3 N–H and O–H groups in total. The zero-order valence-corrected chi connectivity index (χ0v) is 17.8. The number of hydrogen-bond donors (Lipinski definition) is 2. The molecule has 0 aliphatic carbocycles. The van der Waals surface area contributed by atoms with Gasteiger partial charge in [-0.05, 0) is 56.2 Å². The molecule has 160 valence electrons. The van der Waals surface area contributed by atoms with Crippen molar-refractivity contribution in [3.63, 3.8) is 0 Å². The first-order chi connectivity index (χ1) is 14.1. The molecule has 3 rings (SSSR count). The molecular weight excluding hydrogens is 433 g/mol. The standard InChI is InChI=1S/C20H21ClFN3O4S/c1-12-17(22)9-14(19(23)26)10-18(12)24-20(27)13-3-2-8-25(11-13)30(28,29)16-6-4-15(21)5-7-16/h4-7,9-10,13H,2-3,8,11H2,1H3,(H2,23,26)(H,24,27). The number of sulfonamides is 1. The molecule has 0 radical (unpaired) electrons. The Hall–Kier alpha value is -2.49. The van der Waals surface area contributed by atoms with E-state index in [1.807, 2.05) is 0 Å². The van der Waals surface area contributed by atoms with Gasteiger partial charge in [-0.3, -0.25) is 9.59 Å². The van der Waals surface area contributed by atoms with E-state index in [0.29, 0.717) is 24.4 Å². The Morgan fingerprint density at radius 2 is 1.90 bits per heavy atom. The highest BCUT2D eigenvalue weighted by molar-refractivity contribution is 7.89. The van der Waals surface area contributed by atoms with Gasteiger partial charge in [-0.25, -0.2) is 12.8 Å². The van der Waals surface area contributed by atoms with Crippen LogP contribution in [0.2, 0.25) is 5.02 Å². The van der Waals surface area contributed by atoms with Crippen molar-refractivity contribution in [3.8, 4) is 0 Å². The number of halogens is 2. The van der Waals surface area contributed by atoms with Gasteiger partial charge in [0.2, 0.25) is 21.8 Å². The van der Waals surface area contributed by atoms with Crippen molar-refractivity contribution in [1.29, 1.82) is 0 Å². The number of carbonyl (C=O) groups excluding carboxylic acids is 2. The molecule has 7 nitrogen and oxygen atoms in total. The van der Waals surface area contributed by atoms with E-state index in [0.717, 1.165) is 6.07 Å². The fourth-order valence-corrected chi connectivity index (χ4v) is 4.97. The molecular formula is C20H21ClFN3O4S. The van der Waals surface area contributed by atoms with Crippen LogP contribution in [0, 0.1) is 18.7 Å². The Bertz CT molecular complexity index is 1090. The third-order valence-electron chi connectivity index (χ3n) is 5.09. The third kappa shape index (κ3) is 4.63. The lowest BCUT2D eigenvalue weighted by atomic mass is 9.98. The minimum absolute atomic E-state index is 0.00612. The van der Waals surface area contributed by atoms with Crippen molar-refractivity contribution in [2.75, 3.05) is 18.4 Å². The smallest absolute Gasteiger partial charge is 0.248 e. The van der Waals surface area contributed by atoms with Crippen LogP contribution in [-0.2, 0) is 14.8 Å². The van der Waals surface area contributed by atoms with Crippen molar-refractivity contribution >= 4 is 39.1 Å². The van der Waals surface area contributed by atoms with E-state index in [2.05, 4.69) is 5.32 Å². The van der Waals surface area contributed by atoms with Gasteiger partial charge in [-0.15, -0.1) is 0 Å². The lowest BCUT2D eigenvalue weighted by Crippen LogP contribution is -2.43. The summed E-state index contributed by atoms with van der Waals surface area (Å²) in [6, 6.07) is 8.14. The van der Waals surface area contributed by atoms with Crippen LogP contribution in [0.1, 0.15) is 28.8 Å². The van der Waals surface area contributed by atoms with E-state index >= 15 is 0 Å². The van der Waals surface area contributed by atoms with Gasteiger partial charge in [0.25, 0.3) is 0 Å². The number of piperidine rings is 1. The number of amides is 2. The van der Waals surface area contributed by atoms with Crippen LogP contribution < -0.4 is 11.1 Å². The Labute approximate surface area is 179 Å². The van der Waals surface area contributed by atoms with Gasteiger partial charge in [-0.2, -0.15) is 4.31 Å². The molecule has 30 heavy (non-hydrogen) atoms. The zero-order valence-electron chi connectivity index (χ0n) is 16.2. The summed E-state index contributed by atoms with van der Waals surface area (Å²) in [5.74, 6) is -2.56. The van der Waals surface area contributed by atoms with E-state index in [1.165, 1.54) is 41.6 Å². The Kier molecular flexibility index (Phi) is 6.44. The summed E-state index contributed by atoms with van der Waals surface area (Å²) < 4.78 is 41.1. The van der Waals surface area contributed by atoms with Gasteiger partial charge >= 0.3 is 0 Å². The molecule has 1 saturated heterocycles. The van der Waals surface area contributed by atoms with Crippen molar-refractivity contribution in [1.82, 2.24) is 4.31 Å². The van der Waals surface area contributed by atoms with Crippen LogP contribution in [0.3, 0.4) is 0 Å². The van der Waals surface area contributed by atoms with Crippen molar-refractivity contribution < 1.29 is 22.4 Å². The second-order valence-corrected chi connectivity index (χ2v) is 9.51. The van der Waals surface area contributed by atoms with Gasteiger partial charge in [0.1, 0.15) is 5.82 Å². The van der Waals surface area contributed by atoms with Gasteiger partial charge < -0.3 is 11.1 Å². The van der Waals surface area contributed by atoms with Crippen LogP contribution in [0.4, 0.5) is 10.1 Å². The van der Waals surface area contributed by atoms with E-state index in [9.17, 15) is 22.4 Å². The second-order valence-electron chi connectivity index (χ2n) is 7.14. The van der Waals surface area contributed by atoms with Crippen molar-refractivity contribution in [3.05, 3.63) is 58.4 Å². The predicted octanol–water partition coefficient (Wildman–Crippen LogP) is 2.93. The molecule has 1 heterocycles. The molecule has 0 saturated carbocycles. The zero-order chi connectivity index (χ0) is 22.1. The Morgan fingerprint density at radius 3 is 2.53 bits per heavy atom. The highest BCUT2D eigenvalue weighted by atomic mass is 35.5. The number of nitrogens with two attached hydrogens (primary N) is 1. The maximum atomic E-state index is 14.1. The fraction of sp³-hybridized carbons (Fsp3) is 0.300. The van der Waals surface area contributed by atoms with E-state index in [-0.39, 0.29) is 28.3 Å². The summed E-state index contributed by atoms with van der Waals surface area (Å²) in [5, 5.41) is 3.03.